The van der Waals surface area contributed by atoms with E-state index >= 15 is 0 Å². The standard InChI is InChI=1S/C24H31N5O6/c1-2-34-23(33)18-17-10-11-24(35-17)19(18)22(32)28(12-6-3-7-13-30)20(24)21(31)25-14-29-16-9-5-4-8-15(16)26-27-29/h4-5,8-9,17-20,30H,2-3,6-7,10-14H2,1H3,(H,25,31)/t17-,18+,19+,20-,24+/m1/s1. The van der Waals surface area contributed by atoms with Crippen molar-refractivity contribution in [3.05, 3.63) is 24.3 Å². The van der Waals surface area contributed by atoms with Gasteiger partial charge in [-0.15, -0.1) is 5.10 Å². The Morgan fingerprint density at radius 2 is 2.11 bits per heavy atom. The fourth-order valence-electron chi connectivity index (χ4n) is 6.05. The first kappa shape index (κ1) is 23.7. The van der Waals surface area contributed by atoms with Gasteiger partial charge in [0.25, 0.3) is 0 Å². The average molecular weight is 486 g/mol. The van der Waals surface area contributed by atoms with Crippen molar-refractivity contribution in [3.63, 3.8) is 0 Å². The molecule has 2 bridgehead atoms. The maximum atomic E-state index is 13.7. The maximum Gasteiger partial charge on any atom is 0.312 e. The van der Waals surface area contributed by atoms with E-state index in [1.165, 1.54) is 0 Å². The van der Waals surface area contributed by atoms with Crippen molar-refractivity contribution in [2.24, 2.45) is 11.8 Å². The number of aromatic nitrogens is 3. The van der Waals surface area contributed by atoms with E-state index in [4.69, 9.17) is 14.6 Å². The SMILES string of the molecule is CCOC(=O)[C@@H]1[C@H]2C(=O)N(CCCCCO)[C@H](C(=O)NCn3nnc4ccccc43)[C@]23CC[C@H]1O3. The number of para-hydroxylation sites is 1. The second-order valence-electron chi connectivity index (χ2n) is 9.40. The van der Waals surface area contributed by atoms with Crippen LogP contribution in [0.1, 0.15) is 39.0 Å². The molecular weight excluding hydrogens is 454 g/mol. The number of hydrogen-bond acceptors (Lipinski definition) is 8. The summed E-state index contributed by atoms with van der Waals surface area (Å²) in [4.78, 5) is 41.7. The number of carbonyl (C=O) groups excluding carboxylic acids is 3. The summed E-state index contributed by atoms with van der Waals surface area (Å²) in [5, 5.41) is 20.3. The number of carbonyl (C=O) groups is 3. The van der Waals surface area contributed by atoms with Gasteiger partial charge in [0, 0.05) is 13.2 Å². The highest BCUT2D eigenvalue weighted by atomic mass is 16.6. The first-order chi connectivity index (χ1) is 17.0. The van der Waals surface area contributed by atoms with Gasteiger partial charge in [-0.2, -0.15) is 0 Å². The number of likely N-dealkylation sites (tertiary alicyclic amines) is 1. The first-order valence-corrected chi connectivity index (χ1v) is 12.3. The van der Waals surface area contributed by atoms with Gasteiger partial charge in [0.05, 0.1) is 30.1 Å². The van der Waals surface area contributed by atoms with E-state index in [9.17, 15) is 14.4 Å². The Bertz CT molecular complexity index is 1120. The van der Waals surface area contributed by atoms with E-state index in [-0.39, 0.29) is 31.7 Å². The molecule has 3 aliphatic heterocycles. The number of amides is 2. The molecule has 2 aromatic rings. The molecule has 0 radical (unpaired) electrons. The summed E-state index contributed by atoms with van der Waals surface area (Å²) in [6, 6.07) is 6.60. The van der Waals surface area contributed by atoms with Gasteiger partial charge >= 0.3 is 5.97 Å². The van der Waals surface area contributed by atoms with Crippen LogP contribution in [0.4, 0.5) is 0 Å². The van der Waals surface area contributed by atoms with Crippen molar-refractivity contribution in [3.8, 4) is 0 Å². The lowest BCUT2D eigenvalue weighted by molar-refractivity contribution is -0.154. The summed E-state index contributed by atoms with van der Waals surface area (Å²) in [6.07, 6.45) is 2.69. The van der Waals surface area contributed by atoms with Gasteiger partial charge < -0.3 is 24.8 Å². The van der Waals surface area contributed by atoms with E-state index in [0.717, 1.165) is 17.5 Å². The van der Waals surface area contributed by atoms with Crippen molar-refractivity contribution < 1.29 is 29.0 Å². The predicted octanol–water partition coefficient (Wildman–Crippen LogP) is 0.605. The molecule has 188 valence electrons. The fraction of sp³-hybridized carbons (Fsp3) is 0.625. The monoisotopic (exact) mass is 485 g/mol. The van der Waals surface area contributed by atoms with Crippen LogP contribution < -0.4 is 5.32 Å². The summed E-state index contributed by atoms with van der Waals surface area (Å²) >= 11 is 0. The molecule has 4 heterocycles. The zero-order valence-corrected chi connectivity index (χ0v) is 19.8. The third kappa shape index (κ3) is 3.86. The van der Waals surface area contributed by atoms with E-state index in [1.54, 1.807) is 16.5 Å². The minimum absolute atomic E-state index is 0.0754. The van der Waals surface area contributed by atoms with Gasteiger partial charge in [0.1, 0.15) is 23.8 Å². The van der Waals surface area contributed by atoms with Crippen molar-refractivity contribution in [1.29, 1.82) is 0 Å². The van der Waals surface area contributed by atoms with Gasteiger partial charge in [-0.25, -0.2) is 4.68 Å². The molecule has 3 saturated heterocycles. The van der Waals surface area contributed by atoms with Crippen molar-refractivity contribution in [2.75, 3.05) is 19.8 Å². The highest BCUT2D eigenvalue weighted by molar-refractivity contribution is 5.98. The Kier molecular flexibility index (Phi) is 6.45. The average Bonchev–Trinajstić information content (AvgIpc) is 3.60. The molecule has 2 amide bonds. The molecule has 3 fully saturated rings. The van der Waals surface area contributed by atoms with Gasteiger partial charge in [-0.3, -0.25) is 14.4 Å². The molecule has 1 aromatic carbocycles. The zero-order chi connectivity index (χ0) is 24.6. The van der Waals surface area contributed by atoms with E-state index < -0.39 is 35.6 Å². The third-order valence-electron chi connectivity index (χ3n) is 7.49. The predicted molar refractivity (Wildman–Crippen MR) is 123 cm³/mol. The van der Waals surface area contributed by atoms with E-state index in [2.05, 4.69) is 15.6 Å². The molecule has 0 saturated carbocycles. The zero-order valence-electron chi connectivity index (χ0n) is 19.8. The second kappa shape index (κ2) is 9.54. The Hall–Kier alpha value is -3.05. The quantitative estimate of drug-likeness (QED) is 0.369. The number of nitrogens with one attached hydrogen (secondary N) is 1. The first-order valence-electron chi connectivity index (χ1n) is 12.3. The Morgan fingerprint density at radius 1 is 1.29 bits per heavy atom. The lowest BCUT2D eigenvalue weighted by Crippen LogP contribution is -2.55. The molecule has 5 atom stereocenters. The van der Waals surface area contributed by atoms with Gasteiger partial charge in [-0.1, -0.05) is 17.3 Å². The van der Waals surface area contributed by atoms with Crippen LogP contribution in [-0.2, 0) is 30.5 Å². The van der Waals surface area contributed by atoms with Crippen LogP contribution in [0.25, 0.3) is 11.0 Å². The largest absolute Gasteiger partial charge is 0.466 e. The van der Waals surface area contributed by atoms with Gasteiger partial charge in [0.2, 0.25) is 11.8 Å². The number of rotatable bonds is 10. The molecule has 11 nitrogen and oxygen atoms in total. The topological polar surface area (TPSA) is 136 Å². The molecule has 2 N–H and O–H groups in total. The highest BCUT2D eigenvalue weighted by Gasteiger charge is 2.74. The van der Waals surface area contributed by atoms with Crippen LogP contribution in [-0.4, -0.2) is 80.3 Å². The fourth-order valence-corrected chi connectivity index (χ4v) is 6.05. The van der Waals surface area contributed by atoms with Crippen LogP contribution in [0.3, 0.4) is 0 Å². The normalized spacial score (nSPS) is 29.1. The smallest absolute Gasteiger partial charge is 0.312 e. The molecule has 1 aromatic heterocycles. The molecule has 35 heavy (non-hydrogen) atoms. The van der Waals surface area contributed by atoms with Crippen LogP contribution in [0.2, 0.25) is 0 Å². The van der Waals surface area contributed by atoms with Crippen LogP contribution >= 0.6 is 0 Å². The Labute approximate surface area is 202 Å². The summed E-state index contributed by atoms with van der Waals surface area (Å²) in [6.45, 7) is 2.47. The van der Waals surface area contributed by atoms with Crippen LogP contribution in [0.5, 0.6) is 0 Å². The number of aliphatic hydroxyl groups is 1. The summed E-state index contributed by atoms with van der Waals surface area (Å²) in [7, 11) is 0. The summed E-state index contributed by atoms with van der Waals surface area (Å²) < 4.78 is 13.2. The number of nitrogens with zero attached hydrogens (tertiary/aromatic N) is 4. The van der Waals surface area contributed by atoms with Crippen molar-refractivity contribution in [2.45, 2.75) is 63.4 Å². The number of fused-ring (bicyclic) bond motifs is 2. The van der Waals surface area contributed by atoms with Crippen LogP contribution in [0, 0.1) is 11.8 Å². The van der Waals surface area contributed by atoms with Crippen LogP contribution in [0.15, 0.2) is 24.3 Å². The molecule has 1 spiro atoms. The van der Waals surface area contributed by atoms with Gasteiger partial charge in [-0.05, 0) is 51.2 Å². The number of hydrogen-bond donors (Lipinski definition) is 2. The highest BCUT2D eigenvalue weighted by Crippen LogP contribution is 2.58. The maximum absolute atomic E-state index is 13.7. The Balaban J connectivity index is 1.40. The molecule has 0 unspecified atom stereocenters. The van der Waals surface area contributed by atoms with Gasteiger partial charge in [0.15, 0.2) is 0 Å². The van der Waals surface area contributed by atoms with Crippen molar-refractivity contribution in [1.82, 2.24) is 25.2 Å². The molecule has 11 heteroatoms. The molecule has 5 rings (SSSR count). The number of esters is 1. The second-order valence-corrected chi connectivity index (χ2v) is 9.40. The molecule has 3 aliphatic rings. The molecule has 0 aliphatic carbocycles. The lowest BCUT2D eigenvalue weighted by atomic mass is 9.71. The van der Waals surface area contributed by atoms with Crippen molar-refractivity contribution >= 4 is 28.8 Å². The molecular formula is C24H31N5O6. The number of aliphatic hydroxyl groups excluding tert-OH is 1. The summed E-state index contributed by atoms with van der Waals surface area (Å²) in [5.41, 5.74) is 0.453. The minimum atomic E-state index is -1.05. The number of benzene rings is 1. The van der Waals surface area contributed by atoms with E-state index in [0.29, 0.717) is 32.2 Å². The lowest BCUT2D eigenvalue weighted by Gasteiger charge is -2.33. The minimum Gasteiger partial charge on any atom is -0.466 e. The Morgan fingerprint density at radius 3 is 2.91 bits per heavy atom. The summed E-state index contributed by atoms with van der Waals surface area (Å²) in [5.74, 6) is -2.45. The van der Waals surface area contributed by atoms with E-state index in [1.807, 2.05) is 24.3 Å². The third-order valence-corrected chi connectivity index (χ3v) is 7.49. The number of ether oxygens (including phenoxy) is 2. The number of unbranched alkanes of at least 4 members (excludes halogenated alkanes) is 2.